The van der Waals surface area contributed by atoms with Crippen molar-refractivity contribution >= 4 is 39.9 Å². The molecule has 0 aromatic heterocycles. The van der Waals surface area contributed by atoms with E-state index in [2.05, 4.69) is 40.9 Å². The SMILES string of the molecule is CCCC1CCCC(Nc2ccc(Cl)cc2I)CC1. The molecule has 0 heterocycles. The predicted molar refractivity (Wildman–Crippen MR) is 93.1 cm³/mol. The van der Waals surface area contributed by atoms with Gasteiger partial charge in [-0.1, -0.05) is 44.2 Å². The minimum atomic E-state index is 0.636. The van der Waals surface area contributed by atoms with Crippen LogP contribution in [-0.2, 0) is 0 Å². The Hall–Kier alpha value is 0.0400. The Balaban J connectivity index is 1.92. The zero-order valence-corrected chi connectivity index (χ0v) is 14.5. The molecule has 1 N–H and O–H groups in total. The first-order chi connectivity index (χ1) is 9.19. The Morgan fingerprint density at radius 1 is 1.26 bits per heavy atom. The van der Waals surface area contributed by atoms with Crippen molar-refractivity contribution in [3.8, 4) is 0 Å². The maximum absolute atomic E-state index is 6.01. The summed E-state index contributed by atoms with van der Waals surface area (Å²) in [6.07, 6.45) is 9.53. The Morgan fingerprint density at radius 2 is 2.11 bits per heavy atom. The van der Waals surface area contributed by atoms with E-state index in [1.165, 1.54) is 54.2 Å². The summed E-state index contributed by atoms with van der Waals surface area (Å²) in [6.45, 7) is 2.30. The number of rotatable bonds is 4. The van der Waals surface area contributed by atoms with Gasteiger partial charge >= 0.3 is 0 Å². The van der Waals surface area contributed by atoms with Crippen LogP contribution < -0.4 is 5.32 Å². The van der Waals surface area contributed by atoms with Gasteiger partial charge in [0.05, 0.1) is 0 Å². The van der Waals surface area contributed by atoms with Gasteiger partial charge in [-0.3, -0.25) is 0 Å². The molecule has 0 aliphatic heterocycles. The molecule has 106 valence electrons. The summed E-state index contributed by atoms with van der Waals surface area (Å²) in [4.78, 5) is 0. The van der Waals surface area contributed by atoms with Crippen molar-refractivity contribution in [2.45, 2.75) is 57.9 Å². The Labute approximate surface area is 135 Å². The van der Waals surface area contributed by atoms with Gasteiger partial charge in [0.25, 0.3) is 0 Å². The van der Waals surface area contributed by atoms with E-state index in [0.29, 0.717) is 6.04 Å². The molecule has 1 aromatic rings. The summed E-state index contributed by atoms with van der Waals surface area (Å²) in [5, 5.41) is 4.53. The fourth-order valence-corrected chi connectivity index (χ4v) is 4.07. The molecule has 3 heteroatoms. The van der Waals surface area contributed by atoms with Crippen molar-refractivity contribution < 1.29 is 0 Å². The molecule has 2 unspecified atom stereocenters. The van der Waals surface area contributed by atoms with Crippen LogP contribution >= 0.6 is 34.2 Å². The maximum Gasteiger partial charge on any atom is 0.0479 e. The standard InChI is InChI=1S/C16H23ClIN/c1-2-4-12-5-3-6-14(9-7-12)19-16-10-8-13(17)11-15(16)18/h8,10-12,14,19H,2-7,9H2,1H3. The summed E-state index contributed by atoms with van der Waals surface area (Å²) < 4.78 is 1.22. The highest BCUT2D eigenvalue weighted by molar-refractivity contribution is 14.1. The molecule has 19 heavy (non-hydrogen) atoms. The van der Waals surface area contributed by atoms with E-state index in [1.54, 1.807) is 0 Å². The Kier molecular flexibility index (Phi) is 6.27. The second-order valence-electron chi connectivity index (χ2n) is 5.63. The second kappa shape index (κ2) is 7.72. The van der Waals surface area contributed by atoms with E-state index < -0.39 is 0 Å². The van der Waals surface area contributed by atoms with Gasteiger partial charge < -0.3 is 5.32 Å². The smallest absolute Gasteiger partial charge is 0.0479 e. The summed E-state index contributed by atoms with van der Waals surface area (Å²) >= 11 is 8.37. The van der Waals surface area contributed by atoms with Gasteiger partial charge in [0, 0.05) is 20.3 Å². The van der Waals surface area contributed by atoms with Gasteiger partial charge in [-0.05, 0) is 66.0 Å². The fourth-order valence-electron chi connectivity index (χ4n) is 3.05. The molecule has 1 fully saturated rings. The van der Waals surface area contributed by atoms with Gasteiger partial charge in [0.2, 0.25) is 0 Å². The lowest BCUT2D eigenvalue weighted by Gasteiger charge is -2.19. The van der Waals surface area contributed by atoms with Crippen LogP contribution in [0.15, 0.2) is 18.2 Å². The molecule has 0 bridgehead atoms. The van der Waals surface area contributed by atoms with Gasteiger partial charge in [-0.2, -0.15) is 0 Å². The largest absolute Gasteiger partial charge is 0.381 e. The van der Waals surface area contributed by atoms with Crippen LogP contribution in [-0.4, -0.2) is 6.04 Å². The van der Waals surface area contributed by atoms with Crippen LogP contribution in [0.25, 0.3) is 0 Å². The Morgan fingerprint density at radius 3 is 2.84 bits per heavy atom. The summed E-state index contributed by atoms with van der Waals surface area (Å²) in [5.74, 6) is 0.959. The average Bonchev–Trinajstić information content (AvgIpc) is 2.59. The molecule has 1 aromatic carbocycles. The van der Waals surface area contributed by atoms with Crippen LogP contribution in [0.4, 0.5) is 5.69 Å². The zero-order chi connectivity index (χ0) is 13.7. The first kappa shape index (κ1) is 15.4. The molecular formula is C16H23ClIN. The molecule has 2 rings (SSSR count). The third kappa shape index (κ3) is 4.82. The number of benzene rings is 1. The van der Waals surface area contributed by atoms with Gasteiger partial charge in [-0.15, -0.1) is 0 Å². The number of hydrogen-bond donors (Lipinski definition) is 1. The third-order valence-corrected chi connectivity index (χ3v) is 5.20. The lowest BCUT2D eigenvalue weighted by atomic mass is 9.95. The maximum atomic E-state index is 6.01. The highest BCUT2D eigenvalue weighted by Crippen LogP contribution is 2.30. The number of anilines is 1. The van der Waals surface area contributed by atoms with Crippen LogP contribution in [0.2, 0.25) is 5.02 Å². The van der Waals surface area contributed by atoms with Gasteiger partial charge in [0.15, 0.2) is 0 Å². The van der Waals surface area contributed by atoms with E-state index >= 15 is 0 Å². The van der Waals surface area contributed by atoms with Crippen molar-refractivity contribution in [2.24, 2.45) is 5.92 Å². The minimum absolute atomic E-state index is 0.636. The van der Waals surface area contributed by atoms with Crippen LogP contribution in [0.3, 0.4) is 0 Å². The van der Waals surface area contributed by atoms with E-state index in [0.717, 1.165) is 10.9 Å². The summed E-state index contributed by atoms with van der Waals surface area (Å²) in [5.41, 5.74) is 1.24. The molecule has 0 saturated heterocycles. The fraction of sp³-hybridized carbons (Fsp3) is 0.625. The first-order valence-corrected chi connectivity index (χ1v) is 8.86. The monoisotopic (exact) mass is 391 g/mol. The zero-order valence-electron chi connectivity index (χ0n) is 11.6. The highest BCUT2D eigenvalue weighted by atomic mass is 127. The van der Waals surface area contributed by atoms with Gasteiger partial charge in [0.1, 0.15) is 0 Å². The normalized spacial score (nSPS) is 23.9. The summed E-state index contributed by atoms with van der Waals surface area (Å²) in [7, 11) is 0. The van der Waals surface area contributed by atoms with Crippen molar-refractivity contribution in [2.75, 3.05) is 5.32 Å². The molecule has 1 aliphatic rings. The van der Waals surface area contributed by atoms with E-state index in [4.69, 9.17) is 11.6 Å². The van der Waals surface area contributed by atoms with E-state index in [9.17, 15) is 0 Å². The lowest BCUT2D eigenvalue weighted by molar-refractivity contribution is 0.422. The molecule has 1 saturated carbocycles. The molecule has 1 nitrogen and oxygen atoms in total. The van der Waals surface area contributed by atoms with Crippen LogP contribution in [0.1, 0.15) is 51.9 Å². The number of nitrogens with one attached hydrogen (secondary N) is 1. The second-order valence-corrected chi connectivity index (χ2v) is 7.23. The summed E-state index contributed by atoms with van der Waals surface area (Å²) in [6, 6.07) is 6.75. The average molecular weight is 392 g/mol. The molecular weight excluding hydrogens is 369 g/mol. The molecule has 0 radical (unpaired) electrons. The molecule has 1 aliphatic carbocycles. The van der Waals surface area contributed by atoms with Crippen molar-refractivity contribution in [1.29, 1.82) is 0 Å². The van der Waals surface area contributed by atoms with Crippen molar-refractivity contribution in [3.63, 3.8) is 0 Å². The van der Waals surface area contributed by atoms with Gasteiger partial charge in [-0.25, -0.2) is 0 Å². The van der Waals surface area contributed by atoms with E-state index in [1.807, 2.05) is 12.1 Å². The number of hydrogen-bond acceptors (Lipinski definition) is 1. The Bertz CT molecular complexity index is 408. The molecule has 0 amide bonds. The first-order valence-electron chi connectivity index (χ1n) is 7.40. The van der Waals surface area contributed by atoms with Crippen LogP contribution in [0.5, 0.6) is 0 Å². The molecule has 2 atom stereocenters. The van der Waals surface area contributed by atoms with Crippen molar-refractivity contribution in [1.82, 2.24) is 0 Å². The lowest BCUT2D eigenvalue weighted by Crippen LogP contribution is -2.19. The topological polar surface area (TPSA) is 12.0 Å². The van der Waals surface area contributed by atoms with Crippen molar-refractivity contribution in [3.05, 3.63) is 26.8 Å². The molecule has 0 spiro atoms. The number of halogens is 2. The highest BCUT2D eigenvalue weighted by Gasteiger charge is 2.18. The van der Waals surface area contributed by atoms with Crippen LogP contribution in [0, 0.1) is 9.49 Å². The predicted octanol–water partition coefficient (Wildman–Crippen LogP) is 6.11. The quantitative estimate of drug-likeness (QED) is 0.482. The minimum Gasteiger partial charge on any atom is -0.381 e. The third-order valence-electron chi connectivity index (χ3n) is 4.08. The van der Waals surface area contributed by atoms with E-state index in [-0.39, 0.29) is 0 Å².